The van der Waals surface area contributed by atoms with Crippen molar-refractivity contribution in [2.24, 2.45) is 0 Å². The van der Waals surface area contributed by atoms with Crippen molar-refractivity contribution in [1.29, 1.82) is 0 Å². The zero-order valence-corrected chi connectivity index (χ0v) is 23.1. The molecule has 8 heteroatoms. The van der Waals surface area contributed by atoms with Gasteiger partial charge in [-0.05, 0) is 6.42 Å². The molecule has 0 fully saturated rings. The minimum absolute atomic E-state index is 0.170. The van der Waals surface area contributed by atoms with E-state index in [2.05, 4.69) is 6.92 Å². The highest BCUT2D eigenvalue weighted by Gasteiger charge is 2.42. The van der Waals surface area contributed by atoms with Gasteiger partial charge in [-0.2, -0.15) is 0 Å². The van der Waals surface area contributed by atoms with E-state index >= 15 is 0 Å². The molecule has 0 aliphatic carbocycles. The number of aliphatic hydroxyl groups excluding tert-OH is 5. The minimum Gasteiger partial charge on any atom is -0.393 e. The van der Waals surface area contributed by atoms with E-state index in [4.69, 9.17) is 10.2 Å². The number of unbranched alkanes of at least 4 members (excludes halogenated alkanes) is 16. The fourth-order valence-electron chi connectivity index (χ4n) is 4.45. The van der Waals surface area contributed by atoms with Gasteiger partial charge in [0.2, 0.25) is 5.91 Å². The molecule has 0 saturated carbocycles. The van der Waals surface area contributed by atoms with Crippen LogP contribution in [0.1, 0.15) is 122 Å². The summed E-state index contributed by atoms with van der Waals surface area (Å²) in [4.78, 5) is 13.6. The molecule has 0 aliphatic heterocycles. The van der Waals surface area contributed by atoms with Gasteiger partial charge in [0.1, 0.15) is 23.9 Å². The topological polar surface area (TPSA) is 142 Å². The van der Waals surface area contributed by atoms with Crippen molar-refractivity contribution in [3.8, 4) is 0 Å². The maximum absolute atomic E-state index is 12.3. The Labute approximate surface area is 219 Å². The molecule has 0 heterocycles. The van der Waals surface area contributed by atoms with Gasteiger partial charge in [0.15, 0.2) is 0 Å². The van der Waals surface area contributed by atoms with Gasteiger partial charge in [-0.3, -0.25) is 4.79 Å². The zero-order valence-electron chi connectivity index (χ0n) is 23.1. The van der Waals surface area contributed by atoms with Gasteiger partial charge in [-0.25, -0.2) is 0 Å². The van der Waals surface area contributed by atoms with E-state index in [1.165, 1.54) is 102 Å². The molecule has 0 aromatic carbocycles. The Hall–Kier alpha value is -0.770. The average molecular weight is 520 g/mol. The summed E-state index contributed by atoms with van der Waals surface area (Å²) in [6, 6.07) is 0. The summed E-state index contributed by atoms with van der Waals surface area (Å²) < 4.78 is 0. The van der Waals surface area contributed by atoms with Crippen LogP contribution >= 0.6 is 0 Å². The first kappa shape index (κ1) is 35.2. The van der Waals surface area contributed by atoms with E-state index < -0.39 is 37.1 Å². The maximum Gasteiger partial charge on any atom is 0.222 e. The lowest BCUT2D eigenvalue weighted by Crippen LogP contribution is -2.58. The molecule has 8 nitrogen and oxygen atoms in total. The highest BCUT2D eigenvalue weighted by Crippen LogP contribution is 2.17. The third-order valence-corrected chi connectivity index (χ3v) is 7.20. The summed E-state index contributed by atoms with van der Waals surface area (Å²) in [5, 5.41) is 58.2. The highest BCUT2D eigenvalue weighted by atomic mass is 16.4. The van der Waals surface area contributed by atoms with Crippen molar-refractivity contribution < 1.29 is 35.4 Å². The zero-order chi connectivity index (χ0) is 27.2. The lowest BCUT2D eigenvalue weighted by Gasteiger charge is -2.35. The Bertz CT molecular complexity index is 516. The fraction of sp³-hybridized carbons (Fsp3) is 0.964. The molecule has 0 aliphatic rings. The van der Waals surface area contributed by atoms with Gasteiger partial charge in [0, 0.05) is 20.0 Å². The first-order chi connectivity index (χ1) is 17.2. The summed E-state index contributed by atoms with van der Waals surface area (Å²) in [5.74, 6) is -0.170. The Kier molecular flexibility index (Phi) is 21.8. The Morgan fingerprint density at radius 3 is 1.42 bits per heavy atom. The Balaban J connectivity index is 3.71. The third-order valence-electron chi connectivity index (χ3n) is 7.20. The van der Waals surface area contributed by atoms with Crippen molar-refractivity contribution >= 4 is 5.91 Å². The molecule has 36 heavy (non-hydrogen) atoms. The molecule has 3 unspecified atom stereocenters. The van der Waals surface area contributed by atoms with Crippen molar-refractivity contribution in [1.82, 2.24) is 4.90 Å². The Morgan fingerprint density at radius 2 is 1.06 bits per heavy atom. The molecule has 0 bridgehead atoms. The highest BCUT2D eigenvalue weighted by molar-refractivity contribution is 5.75. The second-order valence-corrected chi connectivity index (χ2v) is 10.6. The summed E-state index contributed by atoms with van der Waals surface area (Å²) in [5.41, 5.74) is -2.34. The quantitative estimate of drug-likeness (QED) is 0.102. The average Bonchev–Trinajstić information content (AvgIpc) is 2.88. The van der Waals surface area contributed by atoms with Crippen LogP contribution in [0.3, 0.4) is 0 Å². The number of rotatable bonds is 25. The maximum atomic E-state index is 12.3. The lowest BCUT2D eigenvalue weighted by molar-refractivity contribution is -0.184. The summed E-state index contributed by atoms with van der Waals surface area (Å²) in [6.07, 6.45) is 16.6. The van der Waals surface area contributed by atoms with Gasteiger partial charge in [0.05, 0.1) is 13.2 Å². The molecule has 0 aromatic heterocycles. The number of carbonyl (C=O) groups excluding carboxylic acids is 1. The molecule has 0 spiro atoms. The van der Waals surface area contributed by atoms with Gasteiger partial charge in [-0.15, -0.1) is 0 Å². The number of carbonyl (C=O) groups is 1. The molecule has 0 aromatic rings. The monoisotopic (exact) mass is 519 g/mol. The normalized spacial score (nSPS) is 14.6. The van der Waals surface area contributed by atoms with Crippen molar-refractivity contribution in [3.05, 3.63) is 0 Å². The van der Waals surface area contributed by atoms with Gasteiger partial charge in [-0.1, -0.05) is 110 Å². The molecule has 216 valence electrons. The van der Waals surface area contributed by atoms with Crippen LogP contribution in [0.5, 0.6) is 0 Å². The molecular formula is C28H57NO7. The van der Waals surface area contributed by atoms with Gasteiger partial charge >= 0.3 is 0 Å². The SMILES string of the molecule is CCCCCCCCCCCCCCCCCCCC(=O)N(C)CC(O)C(O)C(O)C(O)(CO)CO. The predicted molar refractivity (Wildman–Crippen MR) is 144 cm³/mol. The number of likely N-dealkylation sites (N-methyl/N-ethyl adjacent to an activating group) is 1. The molecule has 0 saturated heterocycles. The first-order valence-electron chi connectivity index (χ1n) is 14.5. The predicted octanol–water partition coefficient (Wildman–Crippen LogP) is 3.28. The second-order valence-electron chi connectivity index (χ2n) is 10.6. The van der Waals surface area contributed by atoms with E-state index in [1.807, 2.05) is 0 Å². The molecule has 0 radical (unpaired) electrons. The minimum atomic E-state index is -2.34. The number of hydrogen-bond donors (Lipinski definition) is 6. The lowest BCUT2D eigenvalue weighted by atomic mass is 9.91. The van der Waals surface area contributed by atoms with Gasteiger partial charge in [0.25, 0.3) is 0 Å². The van der Waals surface area contributed by atoms with Crippen molar-refractivity contribution in [2.75, 3.05) is 26.8 Å². The number of amides is 1. The van der Waals surface area contributed by atoms with Crippen LogP contribution in [-0.4, -0.2) is 92.2 Å². The second kappa shape index (κ2) is 22.2. The van der Waals surface area contributed by atoms with Crippen LogP contribution in [0.25, 0.3) is 0 Å². The molecule has 1 amide bonds. The number of aliphatic hydroxyl groups is 6. The van der Waals surface area contributed by atoms with E-state index in [0.717, 1.165) is 19.3 Å². The largest absolute Gasteiger partial charge is 0.393 e. The van der Waals surface area contributed by atoms with E-state index in [0.29, 0.717) is 6.42 Å². The third kappa shape index (κ3) is 16.2. The fourth-order valence-corrected chi connectivity index (χ4v) is 4.45. The first-order valence-corrected chi connectivity index (χ1v) is 14.5. The summed E-state index contributed by atoms with van der Waals surface area (Å²) in [7, 11) is 1.50. The smallest absolute Gasteiger partial charge is 0.222 e. The summed E-state index contributed by atoms with van der Waals surface area (Å²) >= 11 is 0. The van der Waals surface area contributed by atoms with Crippen LogP contribution in [-0.2, 0) is 4.79 Å². The number of nitrogens with zero attached hydrogens (tertiary/aromatic N) is 1. The molecule has 6 N–H and O–H groups in total. The van der Waals surface area contributed by atoms with Crippen molar-refractivity contribution in [2.45, 2.75) is 146 Å². The van der Waals surface area contributed by atoms with Crippen LogP contribution in [0.4, 0.5) is 0 Å². The molecule has 0 rings (SSSR count). The molecular weight excluding hydrogens is 462 g/mol. The Morgan fingerprint density at radius 1 is 0.694 bits per heavy atom. The standard InChI is InChI=1S/C28H57NO7/c1-3-4-5-6-7-8-9-10-11-12-13-14-15-16-17-18-19-20-25(33)29(2)21-24(32)26(34)27(35)28(36,22-30)23-31/h24,26-27,30-32,34-36H,3-23H2,1-2H3. The summed E-state index contributed by atoms with van der Waals surface area (Å²) in [6.45, 7) is 0.0580. The van der Waals surface area contributed by atoms with Crippen LogP contribution < -0.4 is 0 Å². The van der Waals surface area contributed by atoms with Gasteiger partial charge < -0.3 is 35.5 Å². The van der Waals surface area contributed by atoms with Crippen LogP contribution in [0.15, 0.2) is 0 Å². The van der Waals surface area contributed by atoms with Crippen LogP contribution in [0.2, 0.25) is 0 Å². The number of hydrogen-bond acceptors (Lipinski definition) is 7. The van der Waals surface area contributed by atoms with Crippen LogP contribution in [0, 0.1) is 0 Å². The van der Waals surface area contributed by atoms with E-state index in [9.17, 15) is 25.2 Å². The van der Waals surface area contributed by atoms with E-state index in [-0.39, 0.29) is 12.5 Å². The molecule has 3 atom stereocenters. The van der Waals surface area contributed by atoms with E-state index in [1.54, 1.807) is 0 Å². The van der Waals surface area contributed by atoms with Crippen molar-refractivity contribution in [3.63, 3.8) is 0 Å².